The normalized spacial score (nSPS) is 13.4. The number of sulfonamides is 1. The molecule has 2 N–H and O–H groups in total. The van der Waals surface area contributed by atoms with Crippen molar-refractivity contribution >= 4 is 10.0 Å². The molecule has 0 aromatic heterocycles. The molecule has 0 bridgehead atoms. The number of aliphatic hydroxyl groups is 1. The Bertz CT molecular complexity index is 431. The molecule has 18 heavy (non-hydrogen) atoms. The zero-order chi connectivity index (χ0) is 13.4. The molecule has 1 atom stereocenters. The zero-order valence-electron chi connectivity index (χ0n) is 10.7. The van der Waals surface area contributed by atoms with Gasteiger partial charge in [0.15, 0.2) is 0 Å². The lowest BCUT2D eigenvalue weighted by Gasteiger charge is -2.16. The number of hydrogen-bond acceptors (Lipinski definition) is 3. The molecule has 0 saturated carbocycles. The molecule has 4 nitrogen and oxygen atoms in total. The highest BCUT2D eigenvalue weighted by molar-refractivity contribution is 7.89. The molecule has 1 rings (SSSR count). The van der Waals surface area contributed by atoms with Gasteiger partial charge in [0.2, 0.25) is 10.0 Å². The highest BCUT2D eigenvalue weighted by atomic mass is 32.2. The van der Waals surface area contributed by atoms with Crippen LogP contribution >= 0.6 is 0 Å². The molecule has 0 amide bonds. The third-order valence-corrected chi connectivity index (χ3v) is 4.18. The third-order valence-electron chi connectivity index (χ3n) is 2.66. The van der Waals surface area contributed by atoms with E-state index in [9.17, 15) is 13.5 Å². The van der Waals surface area contributed by atoms with Crippen LogP contribution in [0.25, 0.3) is 0 Å². The fraction of sp³-hybridized carbons (Fsp3) is 0.538. The molecule has 1 aromatic carbocycles. The highest BCUT2D eigenvalue weighted by Gasteiger charge is 2.16. The van der Waals surface area contributed by atoms with Crippen LogP contribution in [0.4, 0.5) is 0 Å². The quantitative estimate of drug-likeness (QED) is 0.749. The number of nitrogens with one attached hydrogen (secondary N) is 1. The minimum Gasteiger partial charge on any atom is -0.395 e. The first-order valence-corrected chi connectivity index (χ1v) is 7.87. The van der Waals surface area contributed by atoms with Crippen molar-refractivity contribution in [1.82, 2.24) is 4.72 Å². The molecule has 0 aliphatic rings. The van der Waals surface area contributed by atoms with E-state index < -0.39 is 16.1 Å². The Labute approximate surface area is 109 Å². The van der Waals surface area contributed by atoms with E-state index in [0.29, 0.717) is 12.8 Å². The van der Waals surface area contributed by atoms with E-state index in [0.717, 1.165) is 12.0 Å². The molecule has 1 aromatic rings. The standard InChI is InChI=1S/C13H21NO3S/c1-2-3-9-18(16,17)14-13(11-15)10-12-7-5-4-6-8-12/h4-8,13-15H,2-3,9-11H2,1H3/t13-/m0/s1. The van der Waals surface area contributed by atoms with Crippen molar-refractivity contribution in [2.45, 2.75) is 32.2 Å². The average Bonchev–Trinajstić information content (AvgIpc) is 2.36. The summed E-state index contributed by atoms with van der Waals surface area (Å²) in [6, 6.07) is 9.09. The lowest BCUT2D eigenvalue weighted by molar-refractivity contribution is 0.256. The predicted octanol–water partition coefficient (Wildman–Crippen LogP) is 1.31. The monoisotopic (exact) mass is 271 g/mol. The van der Waals surface area contributed by atoms with Crippen molar-refractivity contribution in [3.05, 3.63) is 35.9 Å². The maximum atomic E-state index is 11.7. The van der Waals surface area contributed by atoms with E-state index in [4.69, 9.17) is 0 Å². The summed E-state index contributed by atoms with van der Waals surface area (Å²) in [5.41, 5.74) is 1.01. The Morgan fingerprint density at radius 1 is 1.28 bits per heavy atom. The molecule has 0 aliphatic carbocycles. The van der Waals surface area contributed by atoms with Gasteiger partial charge in [-0.3, -0.25) is 0 Å². The van der Waals surface area contributed by atoms with Crippen LogP contribution in [0.5, 0.6) is 0 Å². The lowest BCUT2D eigenvalue weighted by atomic mass is 10.1. The van der Waals surface area contributed by atoms with Crippen LogP contribution in [0.15, 0.2) is 30.3 Å². The molecular weight excluding hydrogens is 250 g/mol. The SMILES string of the molecule is CCCCS(=O)(=O)N[C@H](CO)Cc1ccccc1. The maximum absolute atomic E-state index is 11.7. The fourth-order valence-corrected chi connectivity index (χ4v) is 3.14. The Balaban J connectivity index is 2.57. The highest BCUT2D eigenvalue weighted by Crippen LogP contribution is 2.04. The summed E-state index contributed by atoms with van der Waals surface area (Å²) in [5, 5.41) is 9.25. The number of benzene rings is 1. The minimum absolute atomic E-state index is 0.120. The van der Waals surface area contributed by atoms with Gasteiger partial charge in [0, 0.05) is 6.04 Å². The minimum atomic E-state index is -3.29. The van der Waals surface area contributed by atoms with Crippen LogP contribution in [0.3, 0.4) is 0 Å². The molecule has 0 fully saturated rings. The lowest BCUT2D eigenvalue weighted by Crippen LogP contribution is -2.40. The zero-order valence-corrected chi connectivity index (χ0v) is 11.5. The topological polar surface area (TPSA) is 66.4 Å². The summed E-state index contributed by atoms with van der Waals surface area (Å²) in [7, 11) is -3.29. The summed E-state index contributed by atoms with van der Waals surface area (Å²) in [6.07, 6.45) is 1.98. The van der Waals surface area contributed by atoms with Gasteiger partial charge in [-0.2, -0.15) is 0 Å². The smallest absolute Gasteiger partial charge is 0.211 e. The van der Waals surface area contributed by atoms with Crippen molar-refractivity contribution < 1.29 is 13.5 Å². The van der Waals surface area contributed by atoms with Crippen LogP contribution in [-0.4, -0.2) is 31.9 Å². The molecule has 0 radical (unpaired) electrons. The number of unbranched alkanes of at least 4 members (excludes halogenated alkanes) is 1. The van der Waals surface area contributed by atoms with Gasteiger partial charge in [-0.1, -0.05) is 43.7 Å². The Hall–Kier alpha value is -0.910. The van der Waals surface area contributed by atoms with Gasteiger partial charge in [-0.15, -0.1) is 0 Å². The van der Waals surface area contributed by atoms with Gasteiger partial charge < -0.3 is 5.11 Å². The van der Waals surface area contributed by atoms with Gasteiger partial charge in [-0.25, -0.2) is 13.1 Å². The van der Waals surface area contributed by atoms with E-state index in [2.05, 4.69) is 4.72 Å². The van der Waals surface area contributed by atoms with E-state index in [1.54, 1.807) is 0 Å². The second-order valence-corrected chi connectivity index (χ2v) is 6.23. The third kappa shape index (κ3) is 5.62. The first-order chi connectivity index (χ1) is 8.57. The largest absolute Gasteiger partial charge is 0.395 e. The van der Waals surface area contributed by atoms with Crippen molar-refractivity contribution in [2.24, 2.45) is 0 Å². The maximum Gasteiger partial charge on any atom is 0.211 e. The summed E-state index contributed by atoms with van der Waals surface area (Å²) in [5.74, 6) is 0.120. The van der Waals surface area contributed by atoms with Crippen LogP contribution < -0.4 is 4.72 Å². The van der Waals surface area contributed by atoms with Crippen molar-refractivity contribution in [3.8, 4) is 0 Å². The summed E-state index contributed by atoms with van der Waals surface area (Å²) in [4.78, 5) is 0. The van der Waals surface area contributed by atoms with Crippen molar-refractivity contribution in [1.29, 1.82) is 0 Å². The van der Waals surface area contributed by atoms with E-state index >= 15 is 0 Å². The molecule has 0 saturated heterocycles. The van der Waals surface area contributed by atoms with E-state index in [-0.39, 0.29) is 12.4 Å². The van der Waals surface area contributed by atoms with Crippen LogP contribution in [-0.2, 0) is 16.4 Å². The van der Waals surface area contributed by atoms with Crippen LogP contribution in [0.2, 0.25) is 0 Å². The van der Waals surface area contributed by atoms with Gasteiger partial charge in [0.25, 0.3) is 0 Å². The fourth-order valence-electron chi connectivity index (χ4n) is 1.69. The molecule has 0 heterocycles. The molecule has 0 aliphatic heterocycles. The van der Waals surface area contributed by atoms with Gasteiger partial charge in [0.05, 0.1) is 12.4 Å². The number of hydrogen-bond donors (Lipinski definition) is 2. The number of aliphatic hydroxyl groups excluding tert-OH is 1. The van der Waals surface area contributed by atoms with Crippen molar-refractivity contribution in [2.75, 3.05) is 12.4 Å². The predicted molar refractivity (Wildman–Crippen MR) is 72.9 cm³/mol. The Morgan fingerprint density at radius 2 is 1.94 bits per heavy atom. The van der Waals surface area contributed by atoms with Crippen LogP contribution in [0.1, 0.15) is 25.3 Å². The van der Waals surface area contributed by atoms with Gasteiger partial charge >= 0.3 is 0 Å². The number of rotatable bonds is 8. The van der Waals surface area contributed by atoms with Gasteiger partial charge in [-0.05, 0) is 18.4 Å². The Morgan fingerprint density at radius 3 is 2.50 bits per heavy atom. The second-order valence-electron chi connectivity index (χ2n) is 4.36. The molecule has 102 valence electrons. The summed E-state index contributed by atoms with van der Waals surface area (Å²) >= 11 is 0. The molecular formula is C13H21NO3S. The molecule has 5 heteroatoms. The summed E-state index contributed by atoms with van der Waals surface area (Å²) in [6.45, 7) is 1.75. The van der Waals surface area contributed by atoms with Gasteiger partial charge in [0.1, 0.15) is 0 Å². The first-order valence-electron chi connectivity index (χ1n) is 6.22. The average molecular weight is 271 g/mol. The van der Waals surface area contributed by atoms with Crippen molar-refractivity contribution in [3.63, 3.8) is 0 Å². The Kier molecular flexibility index (Phi) is 6.32. The first kappa shape index (κ1) is 15.1. The molecule has 0 spiro atoms. The molecule has 0 unspecified atom stereocenters. The van der Waals surface area contributed by atoms with Crippen LogP contribution in [0, 0.1) is 0 Å². The van der Waals surface area contributed by atoms with E-state index in [1.807, 2.05) is 37.3 Å². The summed E-state index contributed by atoms with van der Waals surface area (Å²) < 4.78 is 26.0. The van der Waals surface area contributed by atoms with E-state index in [1.165, 1.54) is 0 Å². The second kappa shape index (κ2) is 7.51.